The third-order valence-corrected chi connectivity index (χ3v) is 2.81. The molecule has 0 spiro atoms. The van der Waals surface area contributed by atoms with Crippen molar-refractivity contribution in [2.45, 2.75) is 39.5 Å². The smallest absolute Gasteiger partial charge is 0.350 e. The Kier molecular flexibility index (Phi) is 4.02. The first kappa shape index (κ1) is 14.1. The van der Waals surface area contributed by atoms with E-state index in [1.54, 1.807) is 6.92 Å². The Morgan fingerprint density at radius 3 is 2.39 bits per heavy atom. The van der Waals surface area contributed by atoms with Crippen molar-refractivity contribution in [2.24, 2.45) is 0 Å². The molecule has 0 saturated heterocycles. The van der Waals surface area contributed by atoms with Gasteiger partial charge in [-0.1, -0.05) is 0 Å². The first-order chi connectivity index (χ1) is 8.31. The number of nitrogens with zero attached hydrogens (tertiary/aromatic N) is 3. The summed E-state index contributed by atoms with van der Waals surface area (Å²) in [5.74, 6) is 0. The van der Waals surface area contributed by atoms with E-state index in [0.29, 0.717) is 4.57 Å². The Morgan fingerprint density at radius 1 is 1.44 bits per heavy atom. The molecule has 0 aliphatic heterocycles. The number of aliphatic hydroxyl groups is 1. The van der Waals surface area contributed by atoms with Crippen molar-refractivity contribution in [3.63, 3.8) is 0 Å². The molecule has 1 rings (SSSR count). The maximum atomic E-state index is 11.9. The first-order valence-corrected chi connectivity index (χ1v) is 5.49. The molecule has 18 heavy (non-hydrogen) atoms. The van der Waals surface area contributed by atoms with Gasteiger partial charge in [0.2, 0.25) is 0 Å². The number of rotatable bonds is 4. The van der Waals surface area contributed by atoms with Gasteiger partial charge in [0.1, 0.15) is 0 Å². The standard InChI is InChI=1S/C10H15N3O5/c1-4-11-5-8(13(17)18)9(15)12(10(11)16)6(2)7(3)14/h5-7,14H,4H2,1-3H3. The van der Waals surface area contributed by atoms with Crippen LogP contribution in [0.1, 0.15) is 26.8 Å². The molecule has 0 radical (unpaired) electrons. The zero-order chi connectivity index (χ0) is 14.0. The second kappa shape index (κ2) is 5.13. The summed E-state index contributed by atoms with van der Waals surface area (Å²) in [7, 11) is 0. The summed E-state index contributed by atoms with van der Waals surface area (Å²) < 4.78 is 1.78. The van der Waals surface area contributed by atoms with Crippen LogP contribution in [0.25, 0.3) is 0 Å². The van der Waals surface area contributed by atoms with E-state index in [-0.39, 0.29) is 6.54 Å². The van der Waals surface area contributed by atoms with Gasteiger partial charge in [-0.3, -0.25) is 19.5 Å². The third kappa shape index (κ3) is 2.33. The molecule has 0 aliphatic rings. The first-order valence-electron chi connectivity index (χ1n) is 5.49. The fourth-order valence-corrected chi connectivity index (χ4v) is 1.53. The van der Waals surface area contributed by atoms with Crippen molar-refractivity contribution < 1.29 is 10.0 Å². The number of aliphatic hydroxyl groups excluding tert-OH is 1. The quantitative estimate of drug-likeness (QED) is 0.597. The van der Waals surface area contributed by atoms with Crippen LogP contribution in [0.15, 0.2) is 15.8 Å². The zero-order valence-corrected chi connectivity index (χ0v) is 10.4. The summed E-state index contributed by atoms with van der Waals surface area (Å²) in [4.78, 5) is 33.7. The summed E-state index contributed by atoms with van der Waals surface area (Å²) in [6, 6.07) is -0.831. The van der Waals surface area contributed by atoms with Gasteiger partial charge in [-0.2, -0.15) is 0 Å². The van der Waals surface area contributed by atoms with Gasteiger partial charge in [0.05, 0.1) is 23.3 Å². The molecule has 0 bridgehead atoms. The highest BCUT2D eigenvalue weighted by atomic mass is 16.6. The maximum absolute atomic E-state index is 11.9. The molecule has 0 aromatic carbocycles. The van der Waals surface area contributed by atoms with E-state index in [1.807, 2.05) is 0 Å². The van der Waals surface area contributed by atoms with Crippen molar-refractivity contribution in [3.8, 4) is 0 Å². The third-order valence-electron chi connectivity index (χ3n) is 2.81. The minimum atomic E-state index is -0.997. The van der Waals surface area contributed by atoms with Crippen molar-refractivity contribution in [2.75, 3.05) is 0 Å². The predicted octanol–water partition coefficient (Wildman–Crippen LogP) is -0.120. The average Bonchev–Trinajstić information content (AvgIpc) is 2.28. The Balaban J connectivity index is 3.68. The summed E-state index contributed by atoms with van der Waals surface area (Å²) in [5, 5.41) is 20.2. The molecule has 2 atom stereocenters. The highest BCUT2D eigenvalue weighted by Crippen LogP contribution is 2.08. The molecule has 0 saturated carbocycles. The molecule has 8 heteroatoms. The Morgan fingerprint density at radius 2 is 2.00 bits per heavy atom. The van der Waals surface area contributed by atoms with E-state index < -0.39 is 34.0 Å². The van der Waals surface area contributed by atoms with Crippen LogP contribution < -0.4 is 11.2 Å². The largest absolute Gasteiger partial charge is 0.391 e. The number of nitro groups is 1. The maximum Gasteiger partial charge on any atom is 0.350 e. The van der Waals surface area contributed by atoms with Gasteiger partial charge in [0.25, 0.3) is 0 Å². The number of aryl methyl sites for hydroxylation is 1. The van der Waals surface area contributed by atoms with Crippen molar-refractivity contribution in [1.82, 2.24) is 9.13 Å². The molecular weight excluding hydrogens is 242 g/mol. The Bertz CT molecular complexity index is 572. The van der Waals surface area contributed by atoms with Gasteiger partial charge < -0.3 is 5.11 Å². The minimum Gasteiger partial charge on any atom is -0.391 e. The lowest BCUT2D eigenvalue weighted by Crippen LogP contribution is -2.44. The topological polar surface area (TPSA) is 107 Å². The highest BCUT2D eigenvalue weighted by molar-refractivity contribution is 5.22. The number of hydrogen-bond donors (Lipinski definition) is 1. The molecule has 1 heterocycles. The van der Waals surface area contributed by atoms with Crippen molar-refractivity contribution in [3.05, 3.63) is 37.1 Å². The zero-order valence-electron chi connectivity index (χ0n) is 10.4. The highest BCUT2D eigenvalue weighted by Gasteiger charge is 2.24. The van der Waals surface area contributed by atoms with Gasteiger partial charge in [0, 0.05) is 6.54 Å². The predicted molar refractivity (Wildman–Crippen MR) is 63.7 cm³/mol. The molecule has 1 aromatic heterocycles. The molecular formula is C10H15N3O5. The van der Waals surface area contributed by atoms with Gasteiger partial charge in [-0.05, 0) is 20.8 Å². The Labute approximate surface area is 102 Å². The Hall–Kier alpha value is -1.96. The molecule has 1 aromatic rings. The second-order valence-corrected chi connectivity index (χ2v) is 4.00. The molecule has 0 amide bonds. The van der Waals surface area contributed by atoms with Crippen LogP contribution in [0.2, 0.25) is 0 Å². The monoisotopic (exact) mass is 257 g/mol. The second-order valence-electron chi connectivity index (χ2n) is 4.00. The lowest BCUT2D eigenvalue weighted by molar-refractivity contribution is -0.387. The van der Waals surface area contributed by atoms with Crippen molar-refractivity contribution >= 4 is 5.69 Å². The SMILES string of the molecule is CCn1cc([N+](=O)[O-])c(=O)n(C(C)C(C)O)c1=O. The molecule has 8 nitrogen and oxygen atoms in total. The molecule has 0 fully saturated rings. The van der Waals surface area contributed by atoms with Gasteiger partial charge in [-0.15, -0.1) is 0 Å². The van der Waals surface area contributed by atoms with Crippen LogP contribution in [0, 0.1) is 10.1 Å². The fourth-order valence-electron chi connectivity index (χ4n) is 1.53. The average molecular weight is 257 g/mol. The van der Waals surface area contributed by atoms with Crippen LogP contribution in [0.3, 0.4) is 0 Å². The van der Waals surface area contributed by atoms with E-state index in [0.717, 1.165) is 10.8 Å². The van der Waals surface area contributed by atoms with E-state index in [2.05, 4.69) is 0 Å². The van der Waals surface area contributed by atoms with Crippen LogP contribution >= 0.6 is 0 Å². The van der Waals surface area contributed by atoms with Crippen LogP contribution in [0.4, 0.5) is 5.69 Å². The van der Waals surface area contributed by atoms with E-state index >= 15 is 0 Å². The number of aromatic nitrogens is 2. The summed E-state index contributed by atoms with van der Waals surface area (Å²) in [5.41, 5.74) is -2.34. The van der Waals surface area contributed by atoms with Gasteiger partial charge >= 0.3 is 16.9 Å². The lowest BCUT2D eigenvalue weighted by atomic mass is 10.2. The van der Waals surface area contributed by atoms with Crippen LogP contribution in [-0.2, 0) is 6.54 Å². The van der Waals surface area contributed by atoms with Crippen LogP contribution in [0.5, 0.6) is 0 Å². The van der Waals surface area contributed by atoms with E-state index in [9.17, 15) is 24.8 Å². The minimum absolute atomic E-state index is 0.201. The molecule has 1 N–H and O–H groups in total. The summed E-state index contributed by atoms with van der Waals surface area (Å²) >= 11 is 0. The summed E-state index contributed by atoms with van der Waals surface area (Å²) in [6.45, 7) is 4.70. The molecule has 100 valence electrons. The van der Waals surface area contributed by atoms with Crippen LogP contribution in [-0.4, -0.2) is 25.3 Å². The fraction of sp³-hybridized carbons (Fsp3) is 0.600. The molecule has 0 aliphatic carbocycles. The lowest BCUT2D eigenvalue weighted by Gasteiger charge is -2.17. The van der Waals surface area contributed by atoms with E-state index in [1.165, 1.54) is 13.8 Å². The number of hydrogen-bond acceptors (Lipinski definition) is 5. The summed E-state index contributed by atoms with van der Waals surface area (Å²) in [6.07, 6.45) is -0.0432. The van der Waals surface area contributed by atoms with Crippen molar-refractivity contribution in [1.29, 1.82) is 0 Å². The van der Waals surface area contributed by atoms with Gasteiger partial charge in [0.15, 0.2) is 0 Å². The van der Waals surface area contributed by atoms with E-state index in [4.69, 9.17) is 0 Å². The molecule has 2 unspecified atom stereocenters. The normalized spacial score (nSPS) is 14.2. The van der Waals surface area contributed by atoms with Gasteiger partial charge in [-0.25, -0.2) is 9.36 Å².